The number of methoxy groups -OCH3 is 1. The van der Waals surface area contributed by atoms with Crippen LogP contribution in [0.4, 0.5) is 4.39 Å². The maximum absolute atomic E-state index is 14.8. The Morgan fingerprint density at radius 1 is 1.41 bits per heavy atom. The predicted octanol–water partition coefficient (Wildman–Crippen LogP) is 1.29. The van der Waals surface area contributed by atoms with E-state index in [0.717, 1.165) is 6.42 Å². The number of carbonyl (C=O) groups is 1. The summed E-state index contributed by atoms with van der Waals surface area (Å²) in [5, 5.41) is 25.0. The number of hydrogen-bond acceptors (Lipinski definition) is 6. The number of carbonyl (C=O) groups excluding carboxylic acids is 1. The molecule has 0 aromatic heterocycles. The van der Waals surface area contributed by atoms with Gasteiger partial charge >= 0.3 is 0 Å². The third-order valence-electron chi connectivity index (χ3n) is 8.81. The summed E-state index contributed by atoms with van der Waals surface area (Å²) >= 11 is 0. The lowest BCUT2D eigenvalue weighted by Crippen LogP contribution is -2.62. The number of nitrogens with one attached hydrogen (secondary N) is 1. The summed E-state index contributed by atoms with van der Waals surface area (Å²) in [6.45, 7) is 7.85. The quantitative estimate of drug-likeness (QED) is 0.516. The molecule has 1 amide bonds. The van der Waals surface area contributed by atoms with Gasteiger partial charge in [-0.25, -0.2) is 4.39 Å². The zero-order chi connectivity index (χ0) is 24.9. The summed E-state index contributed by atoms with van der Waals surface area (Å²) in [7, 11) is 7.36. The van der Waals surface area contributed by atoms with Gasteiger partial charge in [-0.3, -0.25) is 9.63 Å². The Bertz CT molecular complexity index is 929. The van der Waals surface area contributed by atoms with Crippen molar-refractivity contribution < 1.29 is 29.0 Å². The Morgan fingerprint density at radius 2 is 2.12 bits per heavy atom. The fourth-order valence-corrected chi connectivity index (χ4v) is 6.65. The van der Waals surface area contributed by atoms with Crippen molar-refractivity contribution in [1.29, 1.82) is 0 Å². The molecule has 4 aliphatic rings. The topological polar surface area (TPSA) is 91.3 Å². The van der Waals surface area contributed by atoms with Crippen molar-refractivity contribution in [3.63, 3.8) is 0 Å². The number of aliphatic hydroxyl groups is 2. The van der Waals surface area contributed by atoms with E-state index < -0.39 is 30.0 Å². The molecule has 0 spiro atoms. The van der Waals surface area contributed by atoms with Crippen LogP contribution in [0.25, 0.3) is 0 Å². The highest BCUT2D eigenvalue weighted by Crippen LogP contribution is 2.61. The van der Waals surface area contributed by atoms with Gasteiger partial charge in [0.25, 0.3) is 0 Å². The Balaban J connectivity index is 1.60. The number of benzene rings is 1. The molecular weight excluding hydrogens is 438 g/mol. The molecule has 2 bridgehead atoms. The summed E-state index contributed by atoms with van der Waals surface area (Å²) in [5.41, 5.74) is 0.703. The van der Waals surface area contributed by atoms with Crippen molar-refractivity contribution in [2.45, 2.75) is 71.4 Å². The van der Waals surface area contributed by atoms with E-state index in [-0.39, 0.29) is 47.3 Å². The zero-order valence-corrected chi connectivity index (χ0v) is 20.6. The molecule has 1 aromatic carbocycles. The van der Waals surface area contributed by atoms with Crippen LogP contribution in [0.5, 0.6) is 5.75 Å². The Morgan fingerprint density at radius 3 is 2.68 bits per heavy atom. The third kappa shape index (κ3) is 4.14. The molecule has 5 rings (SSSR count). The normalized spacial score (nSPS) is 35.5. The molecule has 9 heteroatoms. The zero-order valence-electron chi connectivity index (χ0n) is 20.6. The summed E-state index contributed by atoms with van der Waals surface area (Å²) in [6.07, 6.45) is 0.365. The van der Waals surface area contributed by atoms with Gasteiger partial charge < -0.3 is 20.3 Å². The number of rotatable bonds is 7. The minimum atomic E-state index is -0.929. The number of aliphatic hydroxyl groups excluding tert-OH is 2. The van der Waals surface area contributed by atoms with Crippen LogP contribution in [-0.2, 0) is 16.2 Å². The number of amides is 1. The summed E-state index contributed by atoms with van der Waals surface area (Å²) in [5.74, 6) is 0.0928. The minimum absolute atomic E-state index is 0.0209. The van der Waals surface area contributed by atoms with Crippen molar-refractivity contribution >= 4 is 19.2 Å². The molecule has 3 N–H and O–H groups in total. The Hall–Kier alpha value is -1.68. The van der Waals surface area contributed by atoms with E-state index in [0.29, 0.717) is 17.8 Å². The van der Waals surface area contributed by atoms with E-state index in [1.165, 1.54) is 30.7 Å². The first-order valence-electron chi connectivity index (χ1n) is 12.1. The van der Waals surface area contributed by atoms with Gasteiger partial charge in [0.15, 0.2) is 0 Å². The summed E-state index contributed by atoms with van der Waals surface area (Å²) in [6, 6.07) is 1.76. The van der Waals surface area contributed by atoms with Crippen LogP contribution in [0.1, 0.15) is 46.1 Å². The molecule has 1 aliphatic heterocycles. The first-order valence-corrected chi connectivity index (χ1v) is 12.1. The standard InChI is InChI=1S/C25H36BFN2O5/c1-12-16-8-14(25(16,3)4)9-19(12)28-24(32)22-21(13(2)31)20(11-30)34-29(22)10-15-18(27)7-6-17(26)23(15)33-5/h6-7,12-14,16,19-22,30-31H,8-11H2,1-5H3,(H,28,32)/t12-,13-,14+,16?,19-,20-,21+,22?/m0/s1. The number of hydroxylamine groups is 2. The van der Waals surface area contributed by atoms with Gasteiger partial charge in [-0.1, -0.05) is 32.3 Å². The fourth-order valence-electron chi connectivity index (χ4n) is 6.65. The minimum Gasteiger partial charge on any atom is -0.497 e. The van der Waals surface area contributed by atoms with Crippen molar-refractivity contribution in [3.05, 3.63) is 23.5 Å². The van der Waals surface area contributed by atoms with E-state index in [9.17, 15) is 19.4 Å². The maximum atomic E-state index is 14.8. The number of hydrogen-bond donors (Lipinski definition) is 3. The molecule has 3 saturated carbocycles. The molecule has 1 saturated heterocycles. The van der Waals surface area contributed by atoms with Crippen molar-refractivity contribution in [2.24, 2.45) is 29.1 Å². The Labute approximate surface area is 202 Å². The molecule has 7 nitrogen and oxygen atoms in total. The van der Waals surface area contributed by atoms with E-state index >= 15 is 0 Å². The second kappa shape index (κ2) is 9.41. The van der Waals surface area contributed by atoms with Crippen LogP contribution in [0.15, 0.2) is 12.1 Å². The molecule has 2 unspecified atom stereocenters. The number of halogens is 1. The van der Waals surface area contributed by atoms with Crippen LogP contribution >= 0.6 is 0 Å². The largest absolute Gasteiger partial charge is 0.497 e. The van der Waals surface area contributed by atoms with Crippen molar-refractivity contribution in [3.8, 4) is 5.75 Å². The molecule has 34 heavy (non-hydrogen) atoms. The second-order valence-corrected chi connectivity index (χ2v) is 10.9. The van der Waals surface area contributed by atoms with Crippen molar-refractivity contribution in [2.75, 3.05) is 13.7 Å². The van der Waals surface area contributed by atoms with Gasteiger partial charge in [0.1, 0.15) is 31.6 Å². The first-order chi connectivity index (χ1) is 16.0. The van der Waals surface area contributed by atoms with E-state index in [1.54, 1.807) is 6.92 Å². The molecule has 4 fully saturated rings. The predicted molar refractivity (Wildman–Crippen MR) is 126 cm³/mol. The second-order valence-electron chi connectivity index (χ2n) is 10.9. The van der Waals surface area contributed by atoms with Crippen LogP contribution in [0.3, 0.4) is 0 Å². The van der Waals surface area contributed by atoms with Gasteiger partial charge in [-0.15, -0.1) is 0 Å². The van der Waals surface area contributed by atoms with Gasteiger partial charge in [0.05, 0.1) is 26.4 Å². The molecule has 3 aliphatic carbocycles. The third-order valence-corrected chi connectivity index (χ3v) is 8.81. The number of ether oxygens (including phenoxy) is 1. The highest BCUT2D eigenvalue weighted by molar-refractivity contribution is 6.34. The average molecular weight is 474 g/mol. The molecule has 1 heterocycles. The molecular formula is C25H36BFN2O5. The SMILES string of the molecule is [B]c1ccc(F)c(CN2O[C@@H](CO)[C@@H]([C@H](C)O)C2C(=O)N[C@H]2C[C@H]3CC([C@@H]2C)C3(C)C)c1OC. The fraction of sp³-hybridized carbons (Fsp3) is 0.720. The van der Waals surface area contributed by atoms with E-state index in [1.807, 2.05) is 0 Å². The number of nitrogens with zero attached hydrogens (tertiary/aromatic N) is 1. The van der Waals surface area contributed by atoms with E-state index in [2.05, 4.69) is 26.1 Å². The Kier molecular flexibility index (Phi) is 7.04. The van der Waals surface area contributed by atoms with Crippen LogP contribution < -0.4 is 15.5 Å². The number of fused-ring (bicyclic) bond motifs is 2. The lowest BCUT2D eigenvalue weighted by molar-refractivity contribution is -0.183. The lowest BCUT2D eigenvalue weighted by Gasteiger charge is -2.62. The van der Waals surface area contributed by atoms with Crippen LogP contribution in [-0.4, -0.2) is 67.0 Å². The smallest absolute Gasteiger partial charge is 0.240 e. The lowest BCUT2D eigenvalue weighted by atomic mass is 9.45. The van der Waals surface area contributed by atoms with E-state index in [4.69, 9.17) is 17.4 Å². The van der Waals surface area contributed by atoms with Crippen LogP contribution in [0, 0.1) is 34.9 Å². The van der Waals surface area contributed by atoms with Crippen LogP contribution in [0.2, 0.25) is 0 Å². The molecule has 2 radical (unpaired) electrons. The highest BCUT2D eigenvalue weighted by atomic mass is 19.1. The average Bonchev–Trinajstić information content (AvgIpc) is 3.16. The molecule has 1 aromatic rings. The monoisotopic (exact) mass is 474 g/mol. The van der Waals surface area contributed by atoms with Gasteiger partial charge in [-0.05, 0) is 49.0 Å². The summed E-state index contributed by atoms with van der Waals surface area (Å²) in [4.78, 5) is 19.5. The highest BCUT2D eigenvalue weighted by Gasteiger charge is 2.57. The molecule has 8 atom stereocenters. The van der Waals surface area contributed by atoms with Gasteiger partial charge in [-0.2, -0.15) is 5.06 Å². The summed E-state index contributed by atoms with van der Waals surface area (Å²) < 4.78 is 20.1. The first kappa shape index (κ1) is 25.4. The van der Waals surface area contributed by atoms with Gasteiger partial charge in [0, 0.05) is 17.5 Å². The maximum Gasteiger partial charge on any atom is 0.240 e. The van der Waals surface area contributed by atoms with Crippen molar-refractivity contribution in [1.82, 2.24) is 10.4 Å². The van der Waals surface area contributed by atoms with Gasteiger partial charge in [0.2, 0.25) is 5.91 Å². The molecule has 186 valence electrons.